The molecule has 0 unspecified atom stereocenters. The molecule has 2 amide bonds. The van der Waals surface area contributed by atoms with Crippen LogP contribution in [0.5, 0.6) is 0 Å². The van der Waals surface area contributed by atoms with Gasteiger partial charge in [-0.05, 0) is 65.6 Å². The molecule has 1 saturated heterocycles. The fraction of sp³-hybridized carbons (Fsp3) is 0.250. The Morgan fingerprint density at radius 2 is 1.71 bits per heavy atom. The monoisotopic (exact) mass is 475 g/mol. The molecule has 1 fully saturated rings. The number of carbonyl (C=O) groups excluding carboxylic acids is 2. The number of aryl methyl sites for hydroxylation is 1. The topological polar surface area (TPSA) is 94.2 Å². The van der Waals surface area contributed by atoms with Gasteiger partial charge in [-0.15, -0.1) is 0 Å². The van der Waals surface area contributed by atoms with E-state index >= 15 is 0 Å². The van der Waals surface area contributed by atoms with Gasteiger partial charge in [0, 0.05) is 24.4 Å². The number of benzene rings is 2. The quantitative estimate of drug-likeness (QED) is 0.412. The minimum Gasteiger partial charge on any atom is -0.389 e. The molecule has 4 N–H and O–H groups in total. The van der Waals surface area contributed by atoms with Crippen LogP contribution >= 0.6 is 0 Å². The summed E-state index contributed by atoms with van der Waals surface area (Å²) in [7, 11) is 0. The number of aliphatic hydroxyl groups is 1. The highest BCUT2D eigenvalue weighted by molar-refractivity contribution is 5.90. The molecule has 1 aliphatic heterocycles. The number of alkyl halides is 3. The van der Waals surface area contributed by atoms with E-state index in [1.54, 1.807) is 18.2 Å². The van der Waals surface area contributed by atoms with Gasteiger partial charge in [0.2, 0.25) is 11.8 Å². The molecule has 178 valence electrons. The molecule has 4 rings (SSSR count). The number of hydrogen-bond acceptors (Lipinski definition) is 3. The van der Waals surface area contributed by atoms with Crippen molar-refractivity contribution in [3.8, 4) is 22.5 Å². The summed E-state index contributed by atoms with van der Waals surface area (Å²) in [5, 5.41) is 14.8. The molecular weight excluding hydrogens is 454 g/mol. The summed E-state index contributed by atoms with van der Waals surface area (Å²) in [5.74, 6) is -1.33. The molecular formula is C24H21F4N3O3. The van der Waals surface area contributed by atoms with Crippen LogP contribution in [0.15, 0.2) is 54.6 Å². The van der Waals surface area contributed by atoms with E-state index in [0.29, 0.717) is 28.1 Å². The maximum absolute atomic E-state index is 13.3. The smallest absolute Gasteiger partial charge is 0.389 e. The number of aromatic nitrogens is 1. The molecule has 2 heterocycles. The van der Waals surface area contributed by atoms with Gasteiger partial charge in [0.05, 0.1) is 5.56 Å². The van der Waals surface area contributed by atoms with Gasteiger partial charge in [-0.2, -0.15) is 13.2 Å². The summed E-state index contributed by atoms with van der Waals surface area (Å²) in [4.78, 5) is 27.3. The Morgan fingerprint density at radius 1 is 1.06 bits per heavy atom. The molecule has 0 aliphatic carbocycles. The zero-order valence-corrected chi connectivity index (χ0v) is 17.7. The SMILES string of the molecule is O=C(CCc1cc(-c2ccc(F)cc2)[nH]c1-c1ccc(C(F)(F)F)cc1)N[C@@H]1C(=O)NC[C@H]1O. The molecule has 0 bridgehead atoms. The van der Waals surface area contributed by atoms with Crippen molar-refractivity contribution in [2.24, 2.45) is 0 Å². The molecule has 0 radical (unpaired) electrons. The Bertz CT molecular complexity index is 1190. The zero-order chi connectivity index (χ0) is 24.5. The van der Waals surface area contributed by atoms with Gasteiger partial charge in [-0.1, -0.05) is 12.1 Å². The van der Waals surface area contributed by atoms with E-state index in [2.05, 4.69) is 15.6 Å². The number of hydrogen-bond donors (Lipinski definition) is 4. The van der Waals surface area contributed by atoms with Crippen molar-refractivity contribution in [1.29, 1.82) is 0 Å². The van der Waals surface area contributed by atoms with Gasteiger partial charge in [-0.3, -0.25) is 9.59 Å². The van der Waals surface area contributed by atoms with E-state index in [4.69, 9.17) is 0 Å². The minimum atomic E-state index is -4.47. The van der Waals surface area contributed by atoms with E-state index in [1.807, 2.05) is 0 Å². The summed E-state index contributed by atoms with van der Waals surface area (Å²) < 4.78 is 52.2. The lowest BCUT2D eigenvalue weighted by atomic mass is 10.0. The molecule has 2 atom stereocenters. The Balaban J connectivity index is 1.59. The average molecular weight is 475 g/mol. The van der Waals surface area contributed by atoms with Crippen LogP contribution in [-0.2, 0) is 22.2 Å². The number of H-pyrrole nitrogens is 1. The summed E-state index contributed by atoms with van der Waals surface area (Å²) in [6.07, 6.45) is -5.29. The van der Waals surface area contributed by atoms with Crippen molar-refractivity contribution in [3.05, 3.63) is 71.5 Å². The minimum absolute atomic E-state index is 0.0230. The average Bonchev–Trinajstić information content (AvgIpc) is 3.36. The van der Waals surface area contributed by atoms with Crippen molar-refractivity contribution < 1.29 is 32.3 Å². The maximum Gasteiger partial charge on any atom is 0.416 e. The lowest BCUT2D eigenvalue weighted by Crippen LogP contribution is -2.45. The normalized spacial score (nSPS) is 18.1. The highest BCUT2D eigenvalue weighted by atomic mass is 19.4. The molecule has 0 saturated carbocycles. The summed E-state index contributed by atoms with van der Waals surface area (Å²) in [6, 6.07) is 11.1. The molecule has 1 aliphatic rings. The first-order valence-corrected chi connectivity index (χ1v) is 10.5. The number of β-amino-alcohol motifs (C(OH)–C–C–N with tert-alkyl or cyclic N) is 1. The first-order valence-electron chi connectivity index (χ1n) is 10.5. The molecule has 6 nitrogen and oxygen atoms in total. The van der Waals surface area contributed by atoms with Crippen molar-refractivity contribution >= 4 is 11.8 Å². The zero-order valence-electron chi connectivity index (χ0n) is 17.7. The molecule has 10 heteroatoms. The van der Waals surface area contributed by atoms with Crippen LogP contribution in [-0.4, -0.2) is 40.6 Å². The van der Waals surface area contributed by atoms with Crippen molar-refractivity contribution in [2.75, 3.05) is 6.54 Å². The van der Waals surface area contributed by atoms with Gasteiger partial charge in [0.1, 0.15) is 18.0 Å². The third-order valence-electron chi connectivity index (χ3n) is 5.65. The largest absolute Gasteiger partial charge is 0.416 e. The molecule has 0 spiro atoms. The highest BCUT2D eigenvalue weighted by Gasteiger charge is 2.34. The van der Waals surface area contributed by atoms with Crippen LogP contribution in [0, 0.1) is 5.82 Å². The van der Waals surface area contributed by atoms with Crippen LogP contribution in [0.3, 0.4) is 0 Å². The number of halogens is 4. The second-order valence-electron chi connectivity index (χ2n) is 8.02. The predicted octanol–water partition coefficient (Wildman–Crippen LogP) is 3.41. The first-order chi connectivity index (χ1) is 16.1. The highest BCUT2D eigenvalue weighted by Crippen LogP contribution is 2.33. The van der Waals surface area contributed by atoms with Gasteiger partial charge in [-0.25, -0.2) is 4.39 Å². The number of carbonyl (C=O) groups is 2. The van der Waals surface area contributed by atoms with Gasteiger partial charge >= 0.3 is 6.18 Å². The maximum atomic E-state index is 13.3. The van der Waals surface area contributed by atoms with Crippen LogP contribution in [0.1, 0.15) is 17.5 Å². The third kappa shape index (κ3) is 5.12. The number of aliphatic hydroxyl groups excluding tert-OH is 1. The van der Waals surface area contributed by atoms with Crippen LogP contribution < -0.4 is 10.6 Å². The Kier molecular flexibility index (Phi) is 6.43. The Labute approximate surface area is 192 Å². The van der Waals surface area contributed by atoms with E-state index in [9.17, 15) is 32.3 Å². The summed E-state index contributed by atoms with van der Waals surface area (Å²) in [5.41, 5.74) is 2.16. The van der Waals surface area contributed by atoms with E-state index in [1.165, 1.54) is 24.3 Å². The number of nitrogens with one attached hydrogen (secondary N) is 3. The van der Waals surface area contributed by atoms with E-state index < -0.39 is 41.5 Å². The van der Waals surface area contributed by atoms with Gasteiger partial charge in [0.25, 0.3) is 0 Å². The molecule has 34 heavy (non-hydrogen) atoms. The number of aromatic amines is 1. The Morgan fingerprint density at radius 3 is 2.29 bits per heavy atom. The lowest BCUT2D eigenvalue weighted by Gasteiger charge is -2.13. The summed E-state index contributed by atoms with van der Waals surface area (Å²) in [6.45, 7) is 0.0562. The predicted molar refractivity (Wildman–Crippen MR) is 116 cm³/mol. The standard InChI is InChI=1S/C24H21F4N3O3/c25-17-8-3-13(4-9-17)18-11-15(5-10-20(33)31-22-19(32)12-29-23(22)34)21(30-18)14-1-6-16(7-2-14)24(26,27)28/h1-4,6-9,11,19,22,30,32H,5,10,12H2,(H,29,34)(H,31,33)/t19-,22+/m1/s1. The van der Waals surface area contributed by atoms with E-state index in [-0.39, 0.29) is 19.4 Å². The van der Waals surface area contributed by atoms with Crippen LogP contribution in [0.25, 0.3) is 22.5 Å². The van der Waals surface area contributed by atoms with Crippen LogP contribution in [0.4, 0.5) is 17.6 Å². The Hall–Kier alpha value is -3.66. The van der Waals surface area contributed by atoms with Crippen molar-refractivity contribution in [3.63, 3.8) is 0 Å². The number of amides is 2. The van der Waals surface area contributed by atoms with Crippen molar-refractivity contribution in [2.45, 2.75) is 31.2 Å². The lowest BCUT2D eigenvalue weighted by molar-refractivity contribution is -0.137. The van der Waals surface area contributed by atoms with Gasteiger partial charge < -0.3 is 20.7 Å². The third-order valence-corrected chi connectivity index (χ3v) is 5.65. The second-order valence-corrected chi connectivity index (χ2v) is 8.02. The first kappa shape index (κ1) is 23.5. The summed E-state index contributed by atoms with van der Waals surface area (Å²) >= 11 is 0. The van der Waals surface area contributed by atoms with Crippen molar-refractivity contribution in [1.82, 2.24) is 15.6 Å². The molecule has 1 aromatic heterocycles. The second kappa shape index (κ2) is 9.30. The van der Waals surface area contributed by atoms with Crippen LogP contribution in [0.2, 0.25) is 0 Å². The fourth-order valence-corrected chi connectivity index (χ4v) is 3.83. The molecule has 2 aromatic carbocycles. The fourth-order valence-electron chi connectivity index (χ4n) is 3.83. The molecule has 3 aromatic rings. The number of rotatable bonds is 6. The van der Waals surface area contributed by atoms with E-state index in [0.717, 1.165) is 12.1 Å². The van der Waals surface area contributed by atoms with Gasteiger partial charge in [0.15, 0.2) is 0 Å².